The molecule has 0 atom stereocenters. The summed E-state index contributed by atoms with van der Waals surface area (Å²) in [5.41, 5.74) is 4.47. The molecular formula is C17H14N2. The minimum Gasteiger partial charge on any atom is -0.354 e. The van der Waals surface area contributed by atoms with E-state index in [2.05, 4.69) is 52.8 Å². The van der Waals surface area contributed by atoms with E-state index in [0.717, 1.165) is 11.4 Å². The summed E-state index contributed by atoms with van der Waals surface area (Å²) in [6.07, 6.45) is 3.59. The first-order valence-electron chi connectivity index (χ1n) is 6.25. The number of pyridine rings is 1. The van der Waals surface area contributed by atoms with Crippen molar-refractivity contribution in [3.8, 4) is 11.1 Å². The van der Waals surface area contributed by atoms with E-state index in [9.17, 15) is 0 Å². The van der Waals surface area contributed by atoms with Crippen LogP contribution in [0.1, 0.15) is 0 Å². The predicted molar refractivity (Wildman–Crippen MR) is 79.4 cm³/mol. The largest absolute Gasteiger partial charge is 0.354 e. The van der Waals surface area contributed by atoms with E-state index in [-0.39, 0.29) is 0 Å². The van der Waals surface area contributed by atoms with Gasteiger partial charge in [0.2, 0.25) is 0 Å². The van der Waals surface area contributed by atoms with E-state index in [1.165, 1.54) is 11.1 Å². The molecule has 0 aliphatic heterocycles. The third-order valence-corrected chi connectivity index (χ3v) is 2.95. The highest BCUT2D eigenvalue weighted by Gasteiger charge is 2.03. The van der Waals surface area contributed by atoms with Crippen LogP contribution in [0, 0.1) is 0 Å². The van der Waals surface area contributed by atoms with Crippen LogP contribution < -0.4 is 5.32 Å². The third kappa shape index (κ3) is 2.63. The van der Waals surface area contributed by atoms with Crippen molar-refractivity contribution in [3.05, 3.63) is 79.1 Å². The molecule has 0 spiro atoms. The average molecular weight is 246 g/mol. The number of para-hydroxylation sites is 1. The number of hydrogen-bond acceptors (Lipinski definition) is 2. The number of nitrogens with zero attached hydrogens (tertiary/aromatic N) is 1. The van der Waals surface area contributed by atoms with Crippen LogP contribution in [0.3, 0.4) is 0 Å². The molecule has 3 aromatic rings. The summed E-state index contributed by atoms with van der Waals surface area (Å²) >= 11 is 0. The fourth-order valence-electron chi connectivity index (χ4n) is 2.05. The molecule has 0 unspecified atom stereocenters. The first-order valence-corrected chi connectivity index (χ1v) is 6.25. The number of aromatic nitrogens is 1. The van der Waals surface area contributed by atoms with Gasteiger partial charge in [0.15, 0.2) is 0 Å². The molecule has 0 fully saturated rings. The van der Waals surface area contributed by atoms with Crippen LogP contribution in [0.15, 0.2) is 79.1 Å². The third-order valence-electron chi connectivity index (χ3n) is 2.95. The van der Waals surface area contributed by atoms with Crippen molar-refractivity contribution in [1.29, 1.82) is 0 Å². The lowest BCUT2D eigenvalue weighted by Gasteiger charge is -2.11. The maximum Gasteiger partial charge on any atom is 0.0570 e. The highest BCUT2D eigenvalue weighted by atomic mass is 14.9. The molecule has 1 N–H and O–H groups in total. The standard InChI is InChI=1S/C17H14N2/c1-2-7-14(8-3-1)16-10-4-5-11-17(16)19-15-9-6-12-18-13-15/h1-13,19H. The second-order valence-corrected chi connectivity index (χ2v) is 4.28. The van der Waals surface area contributed by atoms with Gasteiger partial charge in [-0.1, -0.05) is 48.5 Å². The number of nitrogens with one attached hydrogen (secondary N) is 1. The fraction of sp³-hybridized carbons (Fsp3) is 0. The molecule has 19 heavy (non-hydrogen) atoms. The highest BCUT2D eigenvalue weighted by molar-refractivity contribution is 5.80. The SMILES string of the molecule is c1ccc(-c2ccccc2Nc2cccnc2)cc1. The Morgan fingerprint density at radius 2 is 1.53 bits per heavy atom. The second-order valence-electron chi connectivity index (χ2n) is 4.28. The zero-order valence-corrected chi connectivity index (χ0v) is 10.5. The summed E-state index contributed by atoms with van der Waals surface area (Å²) in [7, 11) is 0. The minimum atomic E-state index is 0.992. The summed E-state index contributed by atoms with van der Waals surface area (Å²) in [4.78, 5) is 4.12. The van der Waals surface area contributed by atoms with Gasteiger partial charge in [0.05, 0.1) is 11.9 Å². The topological polar surface area (TPSA) is 24.9 Å². The summed E-state index contributed by atoms with van der Waals surface area (Å²) in [6, 6.07) is 22.6. The molecule has 0 aliphatic rings. The van der Waals surface area contributed by atoms with Gasteiger partial charge < -0.3 is 5.32 Å². The van der Waals surface area contributed by atoms with E-state index >= 15 is 0 Å². The first kappa shape index (κ1) is 11.5. The van der Waals surface area contributed by atoms with Gasteiger partial charge in [-0.05, 0) is 23.8 Å². The lowest BCUT2D eigenvalue weighted by atomic mass is 10.0. The van der Waals surface area contributed by atoms with Crippen LogP contribution in [0.25, 0.3) is 11.1 Å². The Bertz CT molecular complexity index is 648. The maximum atomic E-state index is 4.12. The zero-order chi connectivity index (χ0) is 12.9. The second kappa shape index (κ2) is 5.36. The van der Waals surface area contributed by atoms with Crippen molar-refractivity contribution in [1.82, 2.24) is 4.98 Å². The Hall–Kier alpha value is -2.61. The molecular weight excluding hydrogens is 232 g/mol. The van der Waals surface area contributed by atoms with Crippen LogP contribution in [0.2, 0.25) is 0 Å². The molecule has 2 aromatic carbocycles. The van der Waals surface area contributed by atoms with Gasteiger partial charge in [0.25, 0.3) is 0 Å². The highest BCUT2D eigenvalue weighted by Crippen LogP contribution is 2.29. The Kier molecular flexibility index (Phi) is 3.24. The average Bonchev–Trinajstić information content (AvgIpc) is 2.50. The molecule has 0 saturated carbocycles. The Balaban J connectivity index is 1.99. The van der Waals surface area contributed by atoms with Crippen LogP contribution in [-0.4, -0.2) is 4.98 Å². The molecule has 0 bridgehead atoms. The molecule has 0 radical (unpaired) electrons. The molecule has 0 aliphatic carbocycles. The van der Waals surface area contributed by atoms with Crippen molar-refractivity contribution in [2.75, 3.05) is 5.32 Å². The van der Waals surface area contributed by atoms with Gasteiger partial charge in [-0.25, -0.2) is 0 Å². The van der Waals surface area contributed by atoms with Crippen LogP contribution in [-0.2, 0) is 0 Å². The van der Waals surface area contributed by atoms with Crippen molar-refractivity contribution in [2.45, 2.75) is 0 Å². The Morgan fingerprint density at radius 3 is 2.32 bits per heavy atom. The molecule has 1 heterocycles. The Labute approximate surface area is 112 Å². The normalized spacial score (nSPS) is 10.1. The van der Waals surface area contributed by atoms with Gasteiger partial charge in [-0.15, -0.1) is 0 Å². The molecule has 0 saturated heterocycles. The lowest BCUT2D eigenvalue weighted by molar-refractivity contribution is 1.32. The number of rotatable bonds is 3. The summed E-state index contributed by atoms with van der Waals surface area (Å²) in [5.74, 6) is 0. The van der Waals surface area contributed by atoms with E-state index in [1.807, 2.05) is 30.5 Å². The Morgan fingerprint density at radius 1 is 0.737 bits per heavy atom. The van der Waals surface area contributed by atoms with Crippen molar-refractivity contribution in [2.24, 2.45) is 0 Å². The predicted octanol–water partition coefficient (Wildman–Crippen LogP) is 4.49. The van der Waals surface area contributed by atoms with Crippen molar-refractivity contribution >= 4 is 11.4 Å². The van der Waals surface area contributed by atoms with Crippen LogP contribution in [0.5, 0.6) is 0 Å². The van der Waals surface area contributed by atoms with E-state index < -0.39 is 0 Å². The van der Waals surface area contributed by atoms with Gasteiger partial charge in [0.1, 0.15) is 0 Å². The summed E-state index contributed by atoms with van der Waals surface area (Å²) in [6.45, 7) is 0. The van der Waals surface area contributed by atoms with E-state index in [1.54, 1.807) is 6.20 Å². The maximum absolute atomic E-state index is 4.12. The van der Waals surface area contributed by atoms with Gasteiger partial charge in [-0.3, -0.25) is 4.98 Å². The monoisotopic (exact) mass is 246 g/mol. The number of anilines is 2. The zero-order valence-electron chi connectivity index (χ0n) is 10.5. The molecule has 92 valence electrons. The number of benzene rings is 2. The van der Waals surface area contributed by atoms with Crippen molar-refractivity contribution < 1.29 is 0 Å². The first-order chi connectivity index (χ1) is 9.43. The van der Waals surface area contributed by atoms with Gasteiger partial charge >= 0.3 is 0 Å². The van der Waals surface area contributed by atoms with Crippen molar-refractivity contribution in [3.63, 3.8) is 0 Å². The molecule has 2 heteroatoms. The van der Waals surface area contributed by atoms with Gasteiger partial charge in [-0.2, -0.15) is 0 Å². The smallest absolute Gasteiger partial charge is 0.0570 e. The number of hydrogen-bond donors (Lipinski definition) is 1. The summed E-state index contributed by atoms with van der Waals surface area (Å²) in [5, 5.41) is 3.41. The molecule has 3 rings (SSSR count). The van der Waals surface area contributed by atoms with Crippen LogP contribution in [0.4, 0.5) is 11.4 Å². The van der Waals surface area contributed by atoms with E-state index in [4.69, 9.17) is 0 Å². The minimum absolute atomic E-state index is 0.992. The van der Waals surface area contributed by atoms with Gasteiger partial charge in [0, 0.05) is 17.4 Å². The summed E-state index contributed by atoms with van der Waals surface area (Å²) < 4.78 is 0. The van der Waals surface area contributed by atoms with E-state index in [0.29, 0.717) is 0 Å². The fourth-order valence-corrected chi connectivity index (χ4v) is 2.05. The van der Waals surface area contributed by atoms with Crippen LogP contribution >= 0.6 is 0 Å². The quantitative estimate of drug-likeness (QED) is 0.736. The molecule has 0 amide bonds. The lowest BCUT2D eigenvalue weighted by Crippen LogP contribution is -1.93. The molecule has 2 nitrogen and oxygen atoms in total. The molecule has 1 aromatic heterocycles.